The van der Waals surface area contributed by atoms with Gasteiger partial charge >= 0.3 is 0 Å². The minimum Gasteiger partial charge on any atom is -0.350 e. The highest BCUT2D eigenvalue weighted by molar-refractivity contribution is 14.1. The molecule has 0 amide bonds. The van der Waals surface area contributed by atoms with E-state index in [0.717, 1.165) is 14.6 Å². The van der Waals surface area contributed by atoms with Crippen molar-refractivity contribution in [2.45, 2.75) is 6.54 Å². The maximum atomic E-state index is 4.17. The predicted octanol–water partition coefficient (Wildman–Crippen LogP) is 3.46. The number of anilines is 1. The second-order valence-corrected chi connectivity index (χ2v) is 5.37. The molecule has 0 atom stereocenters. The third-order valence-corrected chi connectivity index (χ3v) is 3.07. The molecule has 5 heteroatoms. The summed E-state index contributed by atoms with van der Waals surface area (Å²) in [5, 5.41) is 3.17. The van der Waals surface area contributed by atoms with E-state index in [4.69, 9.17) is 0 Å². The first-order valence-corrected chi connectivity index (χ1v) is 6.57. The number of rotatable bonds is 3. The fraction of sp³-hybridized carbons (Fsp3) is 0.0909. The summed E-state index contributed by atoms with van der Waals surface area (Å²) in [7, 11) is 0. The lowest BCUT2D eigenvalue weighted by molar-refractivity contribution is 1.05. The van der Waals surface area contributed by atoms with E-state index in [1.54, 1.807) is 12.4 Å². The molecule has 1 aromatic carbocycles. The highest BCUT2D eigenvalue weighted by Gasteiger charge is 1.96. The van der Waals surface area contributed by atoms with Crippen LogP contribution in [0.3, 0.4) is 0 Å². The second-order valence-electron chi connectivity index (χ2n) is 3.20. The zero-order chi connectivity index (χ0) is 11.4. The summed E-state index contributed by atoms with van der Waals surface area (Å²) in [4.78, 5) is 8.34. The monoisotopic (exact) mass is 389 g/mol. The topological polar surface area (TPSA) is 37.8 Å². The number of halogens is 2. The van der Waals surface area contributed by atoms with Crippen LogP contribution in [-0.2, 0) is 6.54 Å². The van der Waals surface area contributed by atoms with Crippen molar-refractivity contribution in [3.63, 3.8) is 0 Å². The van der Waals surface area contributed by atoms with Gasteiger partial charge in [-0.05, 0) is 40.3 Å². The molecular weight excluding hydrogens is 381 g/mol. The summed E-state index contributed by atoms with van der Waals surface area (Å²) in [5.41, 5.74) is 1.20. The SMILES string of the molecule is Brc1ccc(CNc2ncc(I)cn2)cc1. The molecule has 0 aliphatic carbocycles. The van der Waals surface area contributed by atoms with Gasteiger partial charge in [0.2, 0.25) is 5.95 Å². The Kier molecular flexibility index (Phi) is 4.11. The summed E-state index contributed by atoms with van der Waals surface area (Å²) in [5.74, 6) is 0.656. The van der Waals surface area contributed by atoms with E-state index in [0.29, 0.717) is 5.95 Å². The van der Waals surface area contributed by atoms with Gasteiger partial charge in [-0.2, -0.15) is 0 Å². The Hall–Kier alpha value is -0.690. The highest BCUT2D eigenvalue weighted by Crippen LogP contribution is 2.11. The number of hydrogen-bond donors (Lipinski definition) is 1. The third-order valence-electron chi connectivity index (χ3n) is 1.98. The number of hydrogen-bond acceptors (Lipinski definition) is 3. The third kappa shape index (κ3) is 3.41. The summed E-state index contributed by atoms with van der Waals surface area (Å²) in [6.07, 6.45) is 3.58. The van der Waals surface area contributed by atoms with E-state index in [1.165, 1.54) is 5.56 Å². The number of benzene rings is 1. The molecule has 3 nitrogen and oxygen atoms in total. The Balaban J connectivity index is 1.97. The average molecular weight is 390 g/mol. The van der Waals surface area contributed by atoms with E-state index in [-0.39, 0.29) is 0 Å². The molecule has 82 valence electrons. The van der Waals surface area contributed by atoms with Gasteiger partial charge in [-0.1, -0.05) is 28.1 Å². The van der Waals surface area contributed by atoms with Crippen LogP contribution in [0.4, 0.5) is 5.95 Å². The lowest BCUT2D eigenvalue weighted by Crippen LogP contribution is -2.03. The molecule has 0 unspecified atom stereocenters. The quantitative estimate of drug-likeness (QED) is 0.817. The van der Waals surface area contributed by atoms with Crippen LogP contribution in [0.5, 0.6) is 0 Å². The molecule has 0 radical (unpaired) electrons. The van der Waals surface area contributed by atoms with Gasteiger partial charge < -0.3 is 5.32 Å². The van der Waals surface area contributed by atoms with Crippen LogP contribution in [0.15, 0.2) is 41.1 Å². The van der Waals surface area contributed by atoms with Crippen LogP contribution >= 0.6 is 38.5 Å². The Morgan fingerprint density at radius 1 is 1.12 bits per heavy atom. The molecule has 0 fully saturated rings. The molecular formula is C11H9BrIN3. The van der Waals surface area contributed by atoms with Crippen molar-refractivity contribution in [1.82, 2.24) is 9.97 Å². The first-order valence-electron chi connectivity index (χ1n) is 4.70. The van der Waals surface area contributed by atoms with Crippen molar-refractivity contribution in [1.29, 1.82) is 0 Å². The number of aromatic nitrogens is 2. The fourth-order valence-corrected chi connectivity index (χ4v) is 1.73. The summed E-state index contributed by atoms with van der Waals surface area (Å²) in [6, 6.07) is 8.16. The van der Waals surface area contributed by atoms with Gasteiger partial charge in [0, 0.05) is 27.0 Å². The van der Waals surface area contributed by atoms with Crippen molar-refractivity contribution >= 4 is 44.5 Å². The maximum Gasteiger partial charge on any atom is 0.222 e. The van der Waals surface area contributed by atoms with Gasteiger partial charge in [-0.25, -0.2) is 9.97 Å². The van der Waals surface area contributed by atoms with Gasteiger partial charge in [-0.3, -0.25) is 0 Å². The smallest absolute Gasteiger partial charge is 0.222 e. The van der Waals surface area contributed by atoms with Crippen molar-refractivity contribution in [2.75, 3.05) is 5.32 Å². The normalized spacial score (nSPS) is 10.1. The van der Waals surface area contributed by atoms with Crippen LogP contribution in [0, 0.1) is 3.57 Å². The number of nitrogens with one attached hydrogen (secondary N) is 1. The molecule has 16 heavy (non-hydrogen) atoms. The molecule has 0 saturated carbocycles. The fourth-order valence-electron chi connectivity index (χ4n) is 1.19. The zero-order valence-electron chi connectivity index (χ0n) is 8.32. The van der Waals surface area contributed by atoms with Crippen LogP contribution in [0.2, 0.25) is 0 Å². The van der Waals surface area contributed by atoms with Gasteiger partial charge in [0.1, 0.15) is 0 Å². The van der Waals surface area contributed by atoms with E-state index in [2.05, 4.69) is 65.9 Å². The van der Waals surface area contributed by atoms with Crippen molar-refractivity contribution in [3.8, 4) is 0 Å². The van der Waals surface area contributed by atoms with Gasteiger partial charge in [0.15, 0.2) is 0 Å². The standard InChI is InChI=1S/C11H9BrIN3/c12-9-3-1-8(2-4-9)5-14-11-15-6-10(13)7-16-11/h1-4,6-7H,5H2,(H,14,15,16). The number of nitrogens with zero attached hydrogens (tertiary/aromatic N) is 2. The summed E-state index contributed by atoms with van der Waals surface area (Å²) in [6.45, 7) is 0.730. The highest BCUT2D eigenvalue weighted by atomic mass is 127. The van der Waals surface area contributed by atoms with Crippen LogP contribution in [-0.4, -0.2) is 9.97 Å². The van der Waals surface area contributed by atoms with E-state index < -0.39 is 0 Å². The molecule has 0 bridgehead atoms. The van der Waals surface area contributed by atoms with Crippen molar-refractivity contribution in [2.24, 2.45) is 0 Å². The van der Waals surface area contributed by atoms with Crippen molar-refractivity contribution in [3.05, 3.63) is 50.3 Å². The molecule has 1 heterocycles. The second kappa shape index (κ2) is 5.58. The molecule has 1 aromatic heterocycles. The van der Waals surface area contributed by atoms with Gasteiger partial charge in [-0.15, -0.1) is 0 Å². The lowest BCUT2D eigenvalue weighted by atomic mass is 10.2. The minimum absolute atomic E-state index is 0.656. The Morgan fingerprint density at radius 3 is 2.38 bits per heavy atom. The van der Waals surface area contributed by atoms with E-state index >= 15 is 0 Å². The van der Waals surface area contributed by atoms with Crippen LogP contribution < -0.4 is 5.32 Å². The molecule has 0 saturated heterocycles. The minimum atomic E-state index is 0.656. The van der Waals surface area contributed by atoms with Crippen molar-refractivity contribution < 1.29 is 0 Å². The summed E-state index contributed by atoms with van der Waals surface area (Å²) >= 11 is 5.59. The van der Waals surface area contributed by atoms with Crippen LogP contribution in [0.1, 0.15) is 5.56 Å². The zero-order valence-corrected chi connectivity index (χ0v) is 12.1. The maximum absolute atomic E-state index is 4.17. The Morgan fingerprint density at radius 2 is 1.75 bits per heavy atom. The first-order chi connectivity index (χ1) is 7.74. The molecule has 0 aliphatic heterocycles. The molecule has 0 aliphatic rings. The van der Waals surface area contributed by atoms with E-state index in [9.17, 15) is 0 Å². The van der Waals surface area contributed by atoms with Gasteiger partial charge in [0.05, 0.1) is 0 Å². The lowest BCUT2D eigenvalue weighted by Gasteiger charge is -2.04. The van der Waals surface area contributed by atoms with Gasteiger partial charge in [0.25, 0.3) is 0 Å². The Labute approximate surface area is 116 Å². The Bertz CT molecular complexity index is 410. The predicted molar refractivity (Wildman–Crippen MR) is 76.2 cm³/mol. The first kappa shape index (κ1) is 11.8. The van der Waals surface area contributed by atoms with E-state index in [1.807, 2.05) is 12.1 Å². The molecule has 0 spiro atoms. The molecule has 2 rings (SSSR count). The average Bonchev–Trinajstić information content (AvgIpc) is 2.30. The summed E-state index contributed by atoms with van der Waals surface area (Å²) < 4.78 is 2.12. The molecule has 1 N–H and O–H groups in total. The van der Waals surface area contributed by atoms with Crippen LogP contribution in [0.25, 0.3) is 0 Å². The largest absolute Gasteiger partial charge is 0.350 e. The molecule has 2 aromatic rings.